The van der Waals surface area contributed by atoms with Crippen LogP contribution >= 0.6 is 0 Å². The summed E-state index contributed by atoms with van der Waals surface area (Å²) < 4.78 is 39.4. The zero-order chi connectivity index (χ0) is 15.6. The van der Waals surface area contributed by atoms with Crippen LogP contribution < -0.4 is 0 Å². The highest BCUT2D eigenvalue weighted by Gasteiger charge is 2.31. The van der Waals surface area contributed by atoms with Crippen molar-refractivity contribution in [2.75, 3.05) is 13.1 Å². The maximum atomic E-state index is 12.7. The molecule has 0 atom stereocenters. The fourth-order valence-corrected chi connectivity index (χ4v) is 2.55. The summed E-state index contributed by atoms with van der Waals surface area (Å²) in [5.74, 6) is 0.118. The van der Waals surface area contributed by atoms with Crippen molar-refractivity contribution >= 4 is 0 Å². The molecule has 2 aromatic heterocycles. The average molecular weight is 311 g/mol. The van der Waals surface area contributed by atoms with Crippen molar-refractivity contribution < 1.29 is 13.2 Å². The van der Waals surface area contributed by atoms with Crippen LogP contribution in [0.5, 0.6) is 0 Å². The van der Waals surface area contributed by atoms with Crippen molar-refractivity contribution in [3.63, 3.8) is 0 Å². The maximum Gasteiger partial charge on any atom is 0.416 e. The molecule has 2 aromatic rings. The predicted molar refractivity (Wildman–Crippen MR) is 73.3 cm³/mol. The number of pyridine rings is 1. The van der Waals surface area contributed by atoms with Gasteiger partial charge < -0.3 is 0 Å². The molecule has 0 amide bonds. The van der Waals surface area contributed by atoms with E-state index < -0.39 is 11.7 Å². The summed E-state index contributed by atoms with van der Waals surface area (Å²) in [7, 11) is 0. The number of likely N-dealkylation sites (tertiary alicyclic amines) is 1. The lowest BCUT2D eigenvalue weighted by atomic mass is 10.1. The van der Waals surface area contributed by atoms with Gasteiger partial charge >= 0.3 is 6.18 Å². The zero-order valence-corrected chi connectivity index (χ0v) is 11.9. The minimum Gasteiger partial charge on any atom is -0.297 e. The van der Waals surface area contributed by atoms with Crippen LogP contribution in [0.3, 0.4) is 0 Å². The number of piperidine rings is 1. The van der Waals surface area contributed by atoms with E-state index in [4.69, 9.17) is 0 Å². The number of nitrogens with zero attached hydrogens (tertiary/aromatic N) is 5. The molecule has 0 N–H and O–H groups in total. The Hall–Kier alpha value is -1.96. The van der Waals surface area contributed by atoms with Crippen molar-refractivity contribution in [3.05, 3.63) is 35.8 Å². The fraction of sp³-hybridized carbons (Fsp3) is 0.500. The molecule has 0 aliphatic carbocycles. The van der Waals surface area contributed by atoms with Gasteiger partial charge in [0, 0.05) is 12.7 Å². The first kappa shape index (κ1) is 15.0. The smallest absolute Gasteiger partial charge is 0.297 e. The van der Waals surface area contributed by atoms with Crippen molar-refractivity contribution in [2.24, 2.45) is 0 Å². The lowest BCUT2D eigenvalue weighted by Gasteiger charge is -2.25. The normalized spacial score (nSPS) is 16.9. The average Bonchev–Trinajstić information content (AvgIpc) is 2.96. The Balaban J connectivity index is 1.75. The molecule has 22 heavy (non-hydrogen) atoms. The number of aromatic nitrogens is 4. The molecule has 1 aliphatic rings. The lowest BCUT2D eigenvalue weighted by molar-refractivity contribution is -0.137. The number of hydrogen-bond acceptors (Lipinski definition) is 4. The highest BCUT2D eigenvalue weighted by Crippen LogP contribution is 2.29. The molecule has 1 aliphatic heterocycles. The third-order valence-electron chi connectivity index (χ3n) is 3.68. The molecular weight excluding hydrogens is 295 g/mol. The molecule has 0 saturated carbocycles. The minimum atomic E-state index is -4.39. The minimum absolute atomic E-state index is 0.118. The van der Waals surface area contributed by atoms with Gasteiger partial charge in [0.1, 0.15) is 0 Å². The molecule has 5 nitrogen and oxygen atoms in total. The van der Waals surface area contributed by atoms with E-state index in [2.05, 4.69) is 20.2 Å². The first-order chi connectivity index (χ1) is 10.5. The van der Waals surface area contributed by atoms with Crippen molar-refractivity contribution in [1.29, 1.82) is 0 Å². The van der Waals surface area contributed by atoms with Gasteiger partial charge in [-0.05, 0) is 38.1 Å². The van der Waals surface area contributed by atoms with Crippen LogP contribution in [0, 0.1) is 0 Å². The molecule has 3 rings (SSSR count). The van der Waals surface area contributed by atoms with Crippen LogP contribution in [0.1, 0.15) is 30.5 Å². The van der Waals surface area contributed by atoms with E-state index in [-0.39, 0.29) is 5.82 Å². The SMILES string of the molecule is FC(F)(F)c1ccnc(-n2cc(CN3CCCCC3)nn2)c1. The molecule has 1 fully saturated rings. The van der Waals surface area contributed by atoms with Gasteiger partial charge in [-0.1, -0.05) is 11.6 Å². The van der Waals surface area contributed by atoms with Crippen molar-refractivity contribution in [3.8, 4) is 5.82 Å². The Morgan fingerprint density at radius 3 is 2.64 bits per heavy atom. The molecular formula is C14H16F3N5. The Bertz CT molecular complexity index is 631. The van der Waals surface area contributed by atoms with E-state index in [0.29, 0.717) is 6.54 Å². The molecule has 0 radical (unpaired) electrons. The van der Waals surface area contributed by atoms with Gasteiger partial charge in [-0.25, -0.2) is 9.67 Å². The first-order valence-corrected chi connectivity index (χ1v) is 7.19. The molecule has 0 spiro atoms. The highest BCUT2D eigenvalue weighted by molar-refractivity contribution is 5.28. The fourth-order valence-electron chi connectivity index (χ4n) is 2.55. The second kappa shape index (κ2) is 6.04. The summed E-state index contributed by atoms with van der Waals surface area (Å²) in [5, 5.41) is 7.91. The predicted octanol–water partition coefficient (Wildman–Crippen LogP) is 2.67. The Kier molecular flexibility index (Phi) is 4.10. The van der Waals surface area contributed by atoms with Crippen LogP contribution in [-0.2, 0) is 12.7 Å². The van der Waals surface area contributed by atoms with E-state index in [1.807, 2.05) is 0 Å². The summed E-state index contributed by atoms with van der Waals surface area (Å²) in [6.07, 6.45) is 1.96. The van der Waals surface area contributed by atoms with Gasteiger partial charge in [0.2, 0.25) is 0 Å². The van der Waals surface area contributed by atoms with Crippen LogP contribution in [0.2, 0.25) is 0 Å². The zero-order valence-electron chi connectivity index (χ0n) is 11.9. The van der Waals surface area contributed by atoms with Crippen LogP contribution in [0.25, 0.3) is 5.82 Å². The molecule has 0 aromatic carbocycles. The topological polar surface area (TPSA) is 46.8 Å². The lowest BCUT2D eigenvalue weighted by Crippen LogP contribution is -2.29. The van der Waals surface area contributed by atoms with Gasteiger partial charge in [0.05, 0.1) is 17.5 Å². The van der Waals surface area contributed by atoms with Crippen LogP contribution in [0.15, 0.2) is 24.5 Å². The first-order valence-electron chi connectivity index (χ1n) is 7.19. The van der Waals surface area contributed by atoms with Crippen LogP contribution in [-0.4, -0.2) is 38.0 Å². The number of halogens is 3. The largest absolute Gasteiger partial charge is 0.416 e. The van der Waals surface area contributed by atoms with Gasteiger partial charge in [0.25, 0.3) is 0 Å². The third-order valence-corrected chi connectivity index (χ3v) is 3.68. The highest BCUT2D eigenvalue weighted by atomic mass is 19.4. The second-order valence-electron chi connectivity index (χ2n) is 5.39. The van der Waals surface area contributed by atoms with Gasteiger partial charge in [-0.15, -0.1) is 5.10 Å². The molecule has 3 heterocycles. The number of rotatable bonds is 3. The van der Waals surface area contributed by atoms with Gasteiger partial charge in [-0.3, -0.25) is 4.90 Å². The number of alkyl halides is 3. The van der Waals surface area contributed by atoms with E-state index in [1.54, 1.807) is 6.20 Å². The molecule has 8 heteroatoms. The van der Waals surface area contributed by atoms with E-state index in [9.17, 15) is 13.2 Å². The van der Waals surface area contributed by atoms with Crippen molar-refractivity contribution in [1.82, 2.24) is 24.9 Å². The Morgan fingerprint density at radius 2 is 1.91 bits per heavy atom. The third kappa shape index (κ3) is 3.44. The van der Waals surface area contributed by atoms with E-state index in [0.717, 1.165) is 37.1 Å². The summed E-state index contributed by atoms with van der Waals surface area (Å²) in [6, 6.07) is 1.91. The number of hydrogen-bond donors (Lipinski definition) is 0. The summed E-state index contributed by atoms with van der Waals surface area (Å²) >= 11 is 0. The van der Waals surface area contributed by atoms with E-state index in [1.165, 1.54) is 23.9 Å². The monoisotopic (exact) mass is 311 g/mol. The van der Waals surface area contributed by atoms with Gasteiger partial charge in [-0.2, -0.15) is 13.2 Å². The van der Waals surface area contributed by atoms with E-state index >= 15 is 0 Å². The Morgan fingerprint density at radius 1 is 1.14 bits per heavy atom. The standard InChI is InChI=1S/C14H16F3N5/c15-14(16,17)11-4-5-18-13(8-11)22-10-12(19-20-22)9-21-6-2-1-3-7-21/h4-5,8,10H,1-3,6-7,9H2. The quantitative estimate of drug-likeness (QED) is 0.874. The molecule has 0 bridgehead atoms. The Labute approximate surface area is 125 Å². The molecule has 118 valence electrons. The summed E-state index contributed by atoms with van der Waals surface area (Å²) in [4.78, 5) is 6.21. The maximum absolute atomic E-state index is 12.7. The van der Waals surface area contributed by atoms with Crippen molar-refractivity contribution in [2.45, 2.75) is 32.0 Å². The van der Waals surface area contributed by atoms with Crippen LogP contribution in [0.4, 0.5) is 13.2 Å². The molecule has 0 unspecified atom stereocenters. The molecule has 1 saturated heterocycles. The van der Waals surface area contributed by atoms with Gasteiger partial charge in [0.15, 0.2) is 5.82 Å². The second-order valence-corrected chi connectivity index (χ2v) is 5.39. The summed E-state index contributed by atoms with van der Waals surface area (Å²) in [5.41, 5.74) is -0.00769. The summed E-state index contributed by atoms with van der Waals surface area (Å²) in [6.45, 7) is 2.71.